The molecule has 1 aliphatic heterocycles. The number of carboxylic acid groups (broad SMARTS) is 1. The van der Waals surface area contributed by atoms with Crippen LogP contribution in [0.5, 0.6) is 0 Å². The van der Waals surface area contributed by atoms with E-state index in [1.165, 1.54) is 4.90 Å². The van der Waals surface area contributed by atoms with Crippen molar-refractivity contribution in [1.29, 1.82) is 0 Å². The molecule has 0 aromatic heterocycles. The van der Waals surface area contributed by atoms with Gasteiger partial charge in [0.25, 0.3) is 0 Å². The molecule has 2 aromatic carbocycles. The van der Waals surface area contributed by atoms with Crippen LogP contribution in [0.3, 0.4) is 0 Å². The van der Waals surface area contributed by atoms with Crippen molar-refractivity contribution in [3.8, 4) is 0 Å². The second-order valence-corrected chi connectivity index (χ2v) is 12.1. The Kier molecular flexibility index (Phi) is 10.6. The Bertz CT molecular complexity index is 1480. The smallest absolute Gasteiger partial charge is 0.416 e. The van der Waals surface area contributed by atoms with E-state index in [2.05, 4.69) is 0 Å². The first-order chi connectivity index (χ1) is 22.2. The van der Waals surface area contributed by atoms with Gasteiger partial charge in [-0.2, -0.15) is 39.5 Å². The number of carboxylic acids is 1. The fraction of sp³-hybridized carbons (Fsp3) is 0.531. The molecule has 16 heteroatoms. The lowest BCUT2D eigenvalue weighted by molar-refractivity contribution is -0.143. The summed E-state index contributed by atoms with van der Waals surface area (Å²) in [6.45, 7) is 0.795. The number of hydrogen-bond acceptors (Lipinski definition) is 4. The Labute approximate surface area is 269 Å². The Morgan fingerprint density at radius 2 is 1.42 bits per heavy atom. The Hall–Kier alpha value is -3.98. The predicted molar refractivity (Wildman–Crippen MR) is 152 cm³/mol. The van der Waals surface area contributed by atoms with Crippen molar-refractivity contribution in [2.45, 2.75) is 89.0 Å². The highest BCUT2D eigenvalue weighted by Gasteiger charge is 2.44. The number of ether oxygens (including phenoxy) is 1. The first-order valence-corrected chi connectivity index (χ1v) is 15.1. The number of nitrogens with zero attached hydrogens (tertiary/aromatic N) is 2. The zero-order chi connectivity index (χ0) is 35.8. The van der Waals surface area contributed by atoms with Crippen LogP contribution in [0.2, 0.25) is 0 Å². The summed E-state index contributed by atoms with van der Waals surface area (Å²) < 4.78 is 128. The predicted octanol–water partition coefficient (Wildman–Crippen LogP) is 8.85. The third-order valence-corrected chi connectivity index (χ3v) is 8.99. The number of methoxy groups -OCH3 is 1. The van der Waals surface area contributed by atoms with Gasteiger partial charge in [-0.05, 0) is 92.0 Å². The van der Waals surface area contributed by atoms with E-state index in [-0.39, 0.29) is 42.5 Å². The van der Waals surface area contributed by atoms with E-state index >= 15 is 0 Å². The van der Waals surface area contributed by atoms with E-state index in [9.17, 15) is 53.9 Å². The van der Waals surface area contributed by atoms with E-state index < -0.39 is 83.3 Å². The molecule has 1 aliphatic carbocycles. The molecule has 2 aromatic rings. The molecule has 1 heterocycles. The van der Waals surface area contributed by atoms with Crippen LogP contribution in [0.15, 0.2) is 36.4 Å². The molecule has 7 nitrogen and oxygen atoms in total. The fourth-order valence-corrected chi connectivity index (χ4v) is 6.63. The molecule has 264 valence electrons. The van der Waals surface area contributed by atoms with E-state index in [0.29, 0.717) is 37.8 Å². The number of rotatable bonds is 7. The lowest BCUT2D eigenvalue weighted by atomic mass is 9.79. The first kappa shape index (κ1) is 36.8. The van der Waals surface area contributed by atoms with Crippen molar-refractivity contribution in [3.63, 3.8) is 0 Å². The Morgan fingerprint density at radius 1 is 0.854 bits per heavy atom. The van der Waals surface area contributed by atoms with Crippen LogP contribution in [-0.2, 0) is 39.4 Å². The molecule has 1 N–H and O–H groups in total. The fourth-order valence-electron chi connectivity index (χ4n) is 6.63. The summed E-state index contributed by atoms with van der Waals surface area (Å²) in [4.78, 5) is 40.4. The zero-order valence-corrected chi connectivity index (χ0v) is 25.8. The highest BCUT2D eigenvalue weighted by atomic mass is 19.4. The normalized spacial score (nSPS) is 21.8. The number of fused-ring (bicyclic) bond motifs is 1. The SMILES string of the molecule is CC[C@@H]1CC(N(Cc2cc(C(F)(F)F)cc(C(F)(F)F)c2)C(=O)OC)c2cc(C(F)(F)F)ccc2N1C(=O)C1CCC(CC(=O)O)CC1. The molecule has 1 saturated carbocycles. The number of benzene rings is 2. The summed E-state index contributed by atoms with van der Waals surface area (Å²) in [6.07, 6.45) is -14.9. The maximum absolute atomic E-state index is 14.0. The molecule has 1 fully saturated rings. The largest absolute Gasteiger partial charge is 0.481 e. The van der Waals surface area contributed by atoms with Crippen LogP contribution in [0.1, 0.15) is 85.7 Å². The maximum Gasteiger partial charge on any atom is 0.416 e. The number of carbonyl (C=O) groups excluding carboxylic acids is 2. The summed E-state index contributed by atoms with van der Waals surface area (Å²) in [5.74, 6) is -2.09. The highest BCUT2D eigenvalue weighted by molar-refractivity contribution is 5.97. The van der Waals surface area contributed by atoms with Crippen molar-refractivity contribution in [3.05, 3.63) is 64.2 Å². The van der Waals surface area contributed by atoms with Crippen molar-refractivity contribution in [1.82, 2.24) is 4.90 Å². The Morgan fingerprint density at radius 3 is 1.90 bits per heavy atom. The van der Waals surface area contributed by atoms with Crippen LogP contribution in [-0.4, -0.2) is 41.1 Å². The molecular weight excluding hydrogens is 663 g/mol. The van der Waals surface area contributed by atoms with Gasteiger partial charge in [-0.25, -0.2) is 4.79 Å². The van der Waals surface area contributed by atoms with Gasteiger partial charge < -0.3 is 14.7 Å². The number of aliphatic carboxylic acids is 1. The van der Waals surface area contributed by atoms with Crippen molar-refractivity contribution < 1.29 is 63.7 Å². The van der Waals surface area contributed by atoms with Gasteiger partial charge in [0.05, 0.1) is 29.8 Å². The average Bonchev–Trinajstić information content (AvgIpc) is 3.00. The second kappa shape index (κ2) is 13.9. The zero-order valence-electron chi connectivity index (χ0n) is 25.8. The summed E-state index contributed by atoms with van der Waals surface area (Å²) in [6, 6.07) is 1.24. The lowest BCUT2D eigenvalue weighted by Crippen LogP contribution is -2.50. The summed E-state index contributed by atoms with van der Waals surface area (Å²) in [7, 11) is 0.909. The van der Waals surface area contributed by atoms with Gasteiger partial charge in [0, 0.05) is 30.6 Å². The molecule has 48 heavy (non-hydrogen) atoms. The molecule has 4 rings (SSSR count). The molecule has 0 radical (unpaired) electrons. The summed E-state index contributed by atoms with van der Waals surface area (Å²) in [5.41, 5.74) is -5.19. The monoisotopic (exact) mass is 696 g/mol. The van der Waals surface area contributed by atoms with Crippen molar-refractivity contribution >= 4 is 23.7 Å². The number of halogens is 9. The molecule has 0 saturated heterocycles. The van der Waals surface area contributed by atoms with Gasteiger partial charge >= 0.3 is 30.6 Å². The van der Waals surface area contributed by atoms with Gasteiger partial charge in [0.2, 0.25) is 5.91 Å². The standard InChI is InChI=1S/C32H33F9N2O5/c1-3-23-15-26(42(29(47)48-2)16-18-10-21(31(36,37)38)13-22(11-18)32(39,40)41)24-14-20(30(33,34)35)8-9-25(24)43(23)28(46)19-6-4-17(5-7-19)12-27(44)45/h8-11,13-14,17,19,23,26H,3-7,12,15-16H2,1-2H3,(H,44,45)/t17?,19?,23-,26?/m1/s1. The summed E-state index contributed by atoms with van der Waals surface area (Å²) >= 11 is 0. The van der Waals surface area contributed by atoms with E-state index in [4.69, 9.17) is 9.84 Å². The molecule has 2 aliphatic rings. The quantitative estimate of drug-likeness (QED) is 0.293. The van der Waals surface area contributed by atoms with Crippen molar-refractivity contribution in [2.24, 2.45) is 11.8 Å². The van der Waals surface area contributed by atoms with E-state index in [1.807, 2.05) is 0 Å². The first-order valence-electron chi connectivity index (χ1n) is 15.1. The minimum absolute atomic E-state index is 0.0117. The van der Waals surface area contributed by atoms with Crippen LogP contribution in [0.25, 0.3) is 0 Å². The van der Waals surface area contributed by atoms with Gasteiger partial charge in [-0.3, -0.25) is 14.5 Å². The van der Waals surface area contributed by atoms with Crippen LogP contribution >= 0.6 is 0 Å². The third-order valence-electron chi connectivity index (χ3n) is 8.99. The van der Waals surface area contributed by atoms with Gasteiger partial charge in [-0.1, -0.05) is 6.92 Å². The van der Waals surface area contributed by atoms with E-state index in [0.717, 1.165) is 30.2 Å². The average molecular weight is 697 g/mol. The topological polar surface area (TPSA) is 87.2 Å². The third kappa shape index (κ3) is 8.17. The molecule has 2 atom stereocenters. The minimum atomic E-state index is -5.19. The maximum atomic E-state index is 14.0. The summed E-state index contributed by atoms with van der Waals surface area (Å²) in [5, 5.41) is 9.13. The van der Waals surface area contributed by atoms with Crippen molar-refractivity contribution in [2.75, 3.05) is 12.0 Å². The second-order valence-electron chi connectivity index (χ2n) is 12.1. The van der Waals surface area contributed by atoms with Gasteiger partial charge in [0.1, 0.15) is 0 Å². The molecule has 0 spiro atoms. The number of hydrogen-bond donors (Lipinski definition) is 1. The Balaban J connectivity index is 1.80. The van der Waals surface area contributed by atoms with Gasteiger partial charge in [-0.15, -0.1) is 0 Å². The number of carbonyl (C=O) groups is 3. The van der Waals surface area contributed by atoms with Crippen LogP contribution in [0.4, 0.5) is 50.0 Å². The van der Waals surface area contributed by atoms with Crippen LogP contribution in [0, 0.1) is 11.8 Å². The van der Waals surface area contributed by atoms with Crippen LogP contribution < -0.4 is 4.90 Å². The number of amides is 2. The molecule has 2 amide bonds. The number of alkyl halides is 9. The molecule has 0 bridgehead atoms. The van der Waals surface area contributed by atoms with Gasteiger partial charge in [0.15, 0.2) is 0 Å². The lowest BCUT2D eigenvalue weighted by Gasteiger charge is -2.45. The minimum Gasteiger partial charge on any atom is -0.481 e. The molecule has 1 unspecified atom stereocenters. The number of anilines is 1. The van der Waals surface area contributed by atoms with E-state index in [1.54, 1.807) is 6.92 Å². The molecular formula is C32H33F9N2O5. The highest BCUT2D eigenvalue weighted by Crippen LogP contribution is 2.47.